The van der Waals surface area contributed by atoms with Crippen LogP contribution in [-0.2, 0) is 0 Å². The first-order valence-electron chi connectivity index (χ1n) is 4.48. The second-order valence-corrected chi connectivity index (χ2v) is 4.01. The Bertz CT molecular complexity index is 488. The summed E-state index contributed by atoms with van der Waals surface area (Å²) in [7, 11) is 0. The minimum atomic E-state index is -0.653. The molecule has 0 fully saturated rings. The molecule has 0 saturated heterocycles. The molecule has 0 aromatic heterocycles. The second kappa shape index (κ2) is 5.65. The van der Waals surface area contributed by atoms with Gasteiger partial charge in [0.15, 0.2) is 0 Å². The summed E-state index contributed by atoms with van der Waals surface area (Å²) >= 11 is 11.2. The van der Waals surface area contributed by atoms with Crippen molar-refractivity contribution in [1.82, 2.24) is 5.32 Å². The van der Waals surface area contributed by atoms with E-state index in [1.54, 1.807) is 0 Å². The fourth-order valence-corrected chi connectivity index (χ4v) is 1.46. The number of amides is 1. The van der Waals surface area contributed by atoms with E-state index in [1.165, 1.54) is 18.2 Å². The molecule has 1 aromatic carbocycles. The molecule has 1 rings (SSSR count). The number of nitro groups is 1. The lowest BCUT2D eigenvalue weighted by atomic mass is 10.2. The van der Waals surface area contributed by atoms with Crippen LogP contribution in [0.2, 0.25) is 5.02 Å². The molecule has 1 aromatic rings. The molecule has 0 unspecified atom stereocenters. The van der Waals surface area contributed by atoms with Crippen LogP contribution in [0.15, 0.2) is 29.8 Å². The van der Waals surface area contributed by atoms with Gasteiger partial charge in [0, 0.05) is 11.1 Å². The predicted octanol–water partition coefficient (Wildman–Crippen LogP) is 2.73. The lowest BCUT2D eigenvalue weighted by Gasteiger charge is -2.05. The Balaban J connectivity index is 2.98. The lowest BCUT2D eigenvalue weighted by molar-refractivity contribution is -0.384. The van der Waals surface area contributed by atoms with Crippen molar-refractivity contribution in [3.63, 3.8) is 0 Å². The summed E-state index contributed by atoms with van der Waals surface area (Å²) in [6, 6.07) is 4.00. The average molecular weight is 275 g/mol. The highest BCUT2D eigenvalue weighted by Crippen LogP contribution is 2.27. The maximum Gasteiger partial charge on any atom is 0.288 e. The molecular weight excluding hydrogens is 267 g/mol. The van der Waals surface area contributed by atoms with Gasteiger partial charge in [-0.3, -0.25) is 14.9 Å². The van der Waals surface area contributed by atoms with Gasteiger partial charge in [-0.15, -0.1) is 0 Å². The number of nitrogens with zero attached hydrogens (tertiary/aromatic N) is 1. The second-order valence-electron chi connectivity index (χ2n) is 3.10. The molecule has 1 N–H and O–H groups in total. The summed E-state index contributed by atoms with van der Waals surface area (Å²) in [6.45, 7) is 3.47. The van der Waals surface area contributed by atoms with Gasteiger partial charge < -0.3 is 5.32 Å². The fourth-order valence-electron chi connectivity index (χ4n) is 1.11. The largest absolute Gasteiger partial charge is 0.347 e. The van der Waals surface area contributed by atoms with Crippen LogP contribution >= 0.6 is 23.2 Å². The van der Waals surface area contributed by atoms with Crippen molar-refractivity contribution in [1.29, 1.82) is 0 Å². The minimum absolute atomic E-state index is 0.0267. The van der Waals surface area contributed by atoms with E-state index in [0.717, 1.165) is 0 Å². The average Bonchev–Trinajstić information content (AvgIpc) is 2.25. The van der Waals surface area contributed by atoms with Crippen LogP contribution in [0.1, 0.15) is 10.4 Å². The first-order valence-corrected chi connectivity index (χ1v) is 5.23. The number of nitro benzene ring substituents is 1. The highest BCUT2D eigenvalue weighted by Gasteiger charge is 2.19. The molecule has 1 amide bonds. The van der Waals surface area contributed by atoms with Crippen molar-refractivity contribution < 1.29 is 9.72 Å². The van der Waals surface area contributed by atoms with Crippen molar-refractivity contribution in [3.05, 3.63) is 50.5 Å². The number of benzene rings is 1. The quantitative estimate of drug-likeness (QED) is 0.678. The Labute approximate surface area is 107 Å². The van der Waals surface area contributed by atoms with Crippen LogP contribution < -0.4 is 5.32 Å². The summed E-state index contributed by atoms with van der Waals surface area (Å²) in [6.07, 6.45) is 0. The van der Waals surface area contributed by atoms with Crippen LogP contribution in [0, 0.1) is 10.1 Å². The number of halogens is 2. The van der Waals surface area contributed by atoms with Gasteiger partial charge in [0.05, 0.1) is 17.0 Å². The molecule has 0 bridgehead atoms. The number of rotatable bonds is 4. The first kappa shape index (κ1) is 13.5. The van der Waals surface area contributed by atoms with E-state index in [2.05, 4.69) is 11.9 Å². The maximum atomic E-state index is 11.6. The molecule has 7 heteroatoms. The minimum Gasteiger partial charge on any atom is -0.347 e. The molecule has 0 heterocycles. The highest BCUT2D eigenvalue weighted by atomic mass is 35.5. The Morgan fingerprint density at radius 2 is 2.18 bits per heavy atom. The van der Waals surface area contributed by atoms with Crippen molar-refractivity contribution in [2.45, 2.75) is 0 Å². The smallest absolute Gasteiger partial charge is 0.288 e. The molecule has 0 spiro atoms. The Kier molecular flexibility index (Phi) is 4.48. The van der Waals surface area contributed by atoms with Gasteiger partial charge in [-0.25, -0.2) is 0 Å². The Morgan fingerprint density at radius 1 is 1.53 bits per heavy atom. The van der Waals surface area contributed by atoms with E-state index in [1.807, 2.05) is 0 Å². The molecule has 0 aliphatic heterocycles. The van der Waals surface area contributed by atoms with Crippen molar-refractivity contribution in [2.24, 2.45) is 0 Å². The van der Waals surface area contributed by atoms with Gasteiger partial charge in [-0.1, -0.05) is 35.8 Å². The summed E-state index contributed by atoms with van der Waals surface area (Å²) in [5.41, 5.74) is -0.289. The SMILES string of the molecule is C=C(Cl)CNC(=O)c1cccc([N+](=O)[O-])c1Cl. The summed E-state index contributed by atoms with van der Waals surface area (Å²) in [5, 5.41) is 13.1. The molecule has 0 saturated carbocycles. The first-order chi connectivity index (χ1) is 7.93. The van der Waals surface area contributed by atoms with Crippen LogP contribution in [0.5, 0.6) is 0 Å². The van der Waals surface area contributed by atoms with Crippen LogP contribution in [0.25, 0.3) is 0 Å². The molecule has 0 radical (unpaired) electrons. The van der Waals surface area contributed by atoms with E-state index in [-0.39, 0.29) is 27.9 Å². The molecular formula is C10H8Cl2N2O3. The summed E-state index contributed by atoms with van der Waals surface area (Å²) in [5.74, 6) is -0.541. The van der Waals surface area contributed by atoms with Crippen LogP contribution in [-0.4, -0.2) is 17.4 Å². The van der Waals surface area contributed by atoms with Gasteiger partial charge in [-0.05, 0) is 6.07 Å². The number of carbonyl (C=O) groups excluding carboxylic acids is 1. The number of hydrogen-bond acceptors (Lipinski definition) is 3. The molecule has 17 heavy (non-hydrogen) atoms. The van der Waals surface area contributed by atoms with Gasteiger partial charge in [-0.2, -0.15) is 0 Å². The van der Waals surface area contributed by atoms with Gasteiger partial charge >= 0.3 is 0 Å². The molecule has 0 aliphatic carbocycles. The van der Waals surface area contributed by atoms with Crippen LogP contribution in [0.4, 0.5) is 5.69 Å². The van der Waals surface area contributed by atoms with E-state index in [0.29, 0.717) is 0 Å². The Hall–Kier alpha value is -1.59. The zero-order valence-electron chi connectivity index (χ0n) is 8.57. The summed E-state index contributed by atoms with van der Waals surface area (Å²) < 4.78 is 0. The fraction of sp³-hybridized carbons (Fsp3) is 0.100. The monoisotopic (exact) mass is 274 g/mol. The third-order valence-corrected chi connectivity index (χ3v) is 2.39. The molecule has 0 atom stereocenters. The Morgan fingerprint density at radius 3 is 2.71 bits per heavy atom. The van der Waals surface area contributed by atoms with Crippen molar-refractivity contribution >= 4 is 34.8 Å². The van der Waals surface area contributed by atoms with E-state index >= 15 is 0 Å². The zero-order chi connectivity index (χ0) is 13.0. The lowest BCUT2D eigenvalue weighted by Crippen LogP contribution is -2.24. The van der Waals surface area contributed by atoms with E-state index < -0.39 is 10.8 Å². The number of nitrogens with one attached hydrogen (secondary N) is 1. The standard InChI is InChI=1S/C10H8Cl2N2O3/c1-6(11)5-13-10(15)7-3-2-4-8(9(7)12)14(16)17/h2-4H,1,5H2,(H,13,15). The highest BCUT2D eigenvalue weighted by molar-refractivity contribution is 6.36. The van der Waals surface area contributed by atoms with Crippen molar-refractivity contribution in [3.8, 4) is 0 Å². The predicted molar refractivity (Wildman–Crippen MR) is 65.4 cm³/mol. The van der Waals surface area contributed by atoms with Crippen LogP contribution in [0.3, 0.4) is 0 Å². The van der Waals surface area contributed by atoms with Gasteiger partial charge in [0.25, 0.3) is 11.6 Å². The van der Waals surface area contributed by atoms with E-state index in [4.69, 9.17) is 23.2 Å². The third-order valence-electron chi connectivity index (χ3n) is 1.86. The van der Waals surface area contributed by atoms with E-state index in [9.17, 15) is 14.9 Å². The molecule has 0 aliphatic rings. The zero-order valence-corrected chi connectivity index (χ0v) is 10.1. The number of carbonyl (C=O) groups is 1. The number of hydrogen-bond donors (Lipinski definition) is 1. The summed E-state index contributed by atoms with van der Waals surface area (Å²) in [4.78, 5) is 21.6. The molecule has 90 valence electrons. The molecule has 5 nitrogen and oxygen atoms in total. The topological polar surface area (TPSA) is 72.2 Å². The van der Waals surface area contributed by atoms with Crippen molar-refractivity contribution in [2.75, 3.05) is 6.54 Å². The van der Waals surface area contributed by atoms with Gasteiger partial charge in [0.2, 0.25) is 0 Å². The maximum absolute atomic E-state index is 11.6. The third kappa shape index (κ3) is 3.44. The van der Waals surface area contributed by atoms with Gasteiger partial charge in [0.1, 0.15) is 5.02 Å². The normalized spacial score (nSPS) is 9.76.